The van der Waals surface area contributed by atoms with E-state index in [0.717, 1.165) is 6.42 Å². The maximum absolute atomic E-state index is 11.7. The van der Waals surface area contributed by atoms with Crippen LogP contribution in [-0.4, -0.2) is 5.91 Å². The highest BCUT2D eigenvalue weighted by Gasteiger charge is 2.16. The summed E-state index contributed by atoms with van der Waals surface area (Å²) < 4.78 is 0. The van der Waals surface area contributed by atoms with Crippen LogP contribution in [0.25, 0.3) is 0 Å². The standard InChI is InChI=1S/C12H13ClN2O/c1-2-4-9(8-14)12(16)15-11-6-3-5-10(13)7-11/h3,5-7,9H,2,4H2,1H3,(H,15,16). The maximum atomic E-state index is 11.7. The third-order valence-corrected chi connectivity index (χ3v) is 2.38. The molecule has 0 heterocycles. The summed E-state index contributed by atoms with van der Waals surface area (Å²) in [7, 11) is 0. The summed E-state index contributed by atoms with van der Waals surface area (Å²) in [5.41, 5.74) is 0.619. The average Bonchev–Trinajstić information content (AvgIpc) is 2.25. The molecule has 1 atom stereocenters. The number of amides is 1. The van der Waals surface area contributed by atoms with Crippen molar-refractivity contribution in [2.24, 2.45) is 5.92 Å². The fourth-order valence-corrected chi connectivity index (χ4v) is 1.53. The summed E-state index contributed by atoms with van der Waals surface area (Å²) in [6.45, 7) is 1.94. The van der Waals surface area contributed by atoms with Crippen molar-refractivity contribution in [1.82, 2.24) is 0 Å². The van der Waals surface area contributed by atoms with E-state index in [-0.39, 0.29) is 5.91 Å². The molecule has 1 N–H and O–H groups in total. The van der Waals surface area contributed by atoms with Crippen LogP contribution in [0.5, 0.6) is 0 Å². The first-order valence-electron chi connectivity index (χ1n) is 5.13. The third-order valence-electron chi connectivity index (χ3n) is 2.14. The van der Waals surface area contributed by atoms with E-state index in [2.05, 4.69) is 5.32 Å². The summed E-state index contributed by atoms with van der Waals surface area (Å²) in [5.74, 6) is -0.865. The van der Waals surface area contributed by atoms with Gasteiger partial charge in [0.25, 0.3) is 0 Å². The van der Waals surface area contributed by atoms with Gasteiger partial charge in [0, 0.05) is 10.7 Å². The zero-order valence-corrected chi connectivity index (χ0v) is 9.79. The quantitative estimate of drug-likeness (QED) is 0.873. The molecule has 0 radical (unpaired) electrons. The number of benzene rings is 1. The zero-order valence-electron chi connectivity index (χ0n) is 9.03. The Morgan fingerprint density at radius 3 is 2.94 bits per heavy atom. The second-order valence-corrected chi connectivity index (χ2v) is 3.91. The van der Waals surface area contributed by atoms with Gasteiger partial charge >= 0.3 is 0 Å². The van der Waals surface area contributed by atoms with Crippen molar-refractivity contribution < 1.29 is 4.79 Å². The molecule has 1 aromatic rings. The molecule has 0 aliphatic heterocycles. The minimum Gasteiger partial charge on any atom is -0.325 e. The van der Waals surface area contributed by atoms with E-state index in [1.54, 1.807) is 24.3 Å². The molecule has 1 amide bonds. The Kier molecular flexibility index (Phi) is 4.81. The molecular formula is C12H13ClN2O. The van der Waals surface area contributed by atoms with Gasteiger partial charge in [0.1, 0.15) is 5.92 Å². The lowest BCUT2D eigenvalue weighted by Crippen LogP contribution is -2.21. The van der Waals surface area contributed by atoms with Crippen LogP contribution in [-0.2, 0) is 4.79 Å². The predicted molar refractivity (Wildman–Crippen MR) is 64.1 cm³/mol. The van der Waals surface area contributed by atoms with E-state index in [1.165, 1.54) is 0 Å². The Morgan fingerprint density at radius 2 is 2.38 bits per heavy atom. The smallest absolute Gasteiger partial charge is 0.241 e. The number of anilines is 1. The average molecular weight is 237 g/mol. The number of hydrogen-bond donors (Lipinski definition) is 1. The first-order valence-corrected chi connectivity index (χ1v) is 5.51. The van der Waals surface area contributed by atoms with E-state index >= 15 is 0 Å². The predicted octanol–water partition coefficient (Wildman–Crippen LogP) is 3.22. The minimum absolute atomic E-state index is 0.272. The molecule has 0 bridgehead atoms. The Balaban J connectivity index is 2.67. The van der Waals surface area contributed by atoms with E-state index in [9.17, 15) is 4.79 Å². The summed E-state index contributed by atoms with van der Waals surface area (Å²) in [6, 6.07) is 8.86. The molecule has 0 spiro atoms. The lowest BCUT2D eigenvalue weighted by atomic mass is 10.0. The molecule has 3 nitrogen and oxygen atoms in total. The van der Waals surface area contributed by atoms with Gasteiger partial charge in [0.2, 0.25) is 5.91 Å². The minimum atomic E-state index is -0.594. The van der Waals surface area contributed by atoms with Gasteiger partial charge in [-0.3, -0.25) is 4.79 Å². The number of nitrogens with one attached hydrogen (secondary N) is 1. The van der Waals surface area contributed by atoms with Crippen molar-refractivity contribution in [3.63, 3.8) is 0 Å². The highest BCUT2D eigenvalue weighted by atomic mass is 35.5. The van der Waals surface area contributed by atoms with E-state index in [4.69, 9.17) is 16.9 Å². The molecule has 4 heteroatoms. The van der Waals surface area contributed by atoms with E-state index in [1.807, 2.05) is 13.0 Å². The normalized spacial score (nSPS) is 11.6. The molecule has 16 heavy (non-hydrogen) atoms. The molecule has 1 unspecified atom stereocenters. The van der Waals surface area contributed by atoms with E-state index in [0.29, 0.717) is 17.1 Å². The van der Waals surface area contributed by atoms with Gasteiger partial charge in [0.05, 0.1) is 6.07 Å². The molecule has 0 aromatic heterocycles. The van der Waals surface area contributed by atoms with E-state index < -0.39 is 5.92 Å². The maximum Gasteiger partial charge on any atom is 0.241 e. The molecule has 0 aliphatic carbocycles. The van der Waals surface area contributed by atoms with Crippen LogP contribution in [0.15, 0.2) is 24.3 Å². The molecule has 1 aromatic carbocycles. The number of carbonyl (C=O) groups is 1. The largest absolute Gasteiger partial charge is 0.325 e. The van der Waals surface area contributed by atoms with Gasteiger partial charge in [-0.15, -0.1) is 0 Å². The molecule has 0 saturated heterocycles. The molecule has 84 valence electrons. The van der Waals surface area contributed by atoms with Crippen LogP contribution < -0.4 is 5.32 Å². The number of halogens is 1. The second-order valence-electron chi connectivity index (χ2n) is 3.47. The summed E-state index contributed by atoms with van der Waals surface area (Å²) >= 11 is 5.79. The lowest BCUT2D eigenvalue weighted by molar-refractivity contribution is -0.118. The molecule has 0 saturated carbocycles. The van der Waals surface area contributed by atoms with Crippen molar-refractivity contribution in [1.29, 1.82) is 5.26 Å². The number of carbonyl (C=O) groups excluding carboxylic acids is 1. The Bertz CT molecular complexity index is 412. The van der Waals surface area contributed by atoms with Crippen LogP contribution >= 0.6 is 11.6 Å². The fraction of sp³-hybridized carbons (Fsp3) is 0.333. The van der Waals surface area contributed by atoms with Crippen molar-refractivity contribution in [2.75, 3.05) is 5.32 Å². The Hall–Kier alpha value is -1.53. The Labute approximate surface area is 100 Å². The number of hydrogen-bond acceptors (Lipinski definition) is 2. The van der Waals surface area contributed by atoms with Gasteiger partial charge in [0.15, 0.2) is 0 Å². The topological polar surface area (TPSA) is 52.9 Å². The van der Waals surface area contributed by atoms with Crippen LogP contribution in [0.4, 0.5) is 5.69 Å². The fourth-order valence-electron chi connectivity index (χ4n) is 1.34. The second kappa shape index (κ2) is 6.14. The summed E-state index contributed by atoms with van der Waals surface area (Å²) in [6.07, 6.45) is 1.38. The summed E-state index contributed by atoms with van der Waals surface area (Å²) in [5, 5.41) is 12.1. The number of nitriles is 1. The van der Waals surface area contributed by atoms with Gasteiger partial charge < -0.3 is 5.32 Å². The first kappa shape index (κ1) is 12.5. The highest BCUT2D eigenvalue weighted by Crippen LogP contribution is 2.16. The highest BCUT2D eigenvalue weighted by molar-refractivity contribution is 6.30. The van der Waals surface area contributed by atoms with Crippen molar-refractivity contribution in [2.45, 2.75) is 19.8 Å². The first-order chi connectivity index (χ1) is 7.67. The molecule has 0 aliphatic rings. The third kappa shape index (κ3) is 3.56. The van der Waals surface area contributed by atoms with Crippen molar-refractivity contribution >= 4 is 23.2 Å². The van der Waals surface area contributed by atoms with Crippen LogP contribution in [0, 0.1) is 17.2 Å². The molecule has 1 rings (SSSR count). The molecular weight excluding hydrogens is 224 g/mol. The van der Waals surface area contributed by atoms with Gasteiger partial charge in [-0.05, 0) is 24.6 Å². The molecule has 0 fully saturated rings. The van der Waals surface area contributed by atoms with Crippen molar-refractivity contribution in [3.05, 3.63) is 29.3 Å². The monoisotopic (exact) mass is 236 g/mol. The van der Waals surface area contributed by atoms with Gasteiger partial charge in [-0.2, -0.15) is 5.26 Å². The van der Waals surface area contributed by atoms with Crippen LogP contribution in [0.1, 0.15) is 19.8 Å². The van der Waals surface area contributed by atoms with Crippen molar-refractivity contribution in [3.8, 4) is 6.07 Å². The number of rotatable bonds is 4. The summed E-state index contributed by atoms with van der Waals surface area (Å²) in [4.78, 5) is 11.7. The van der Waals surface area contributed by atoms with Crippen LogP contribution in [0.3, 0.4) is 0 Å². The Morgan fingerprint density at radius 1 is 1.62 bits per heavy atom. The number of nitrogens with zero attached hydrogens (tertiary/aromatic N) is 1. The van der Waals surface area contributed by atoms with Crippen LogP contribution in [0.2, 0.25) is 5.02 Å². The zero-order chi connectivity index (χ0) is 12.0. The van der Waals surface area contributed by atoms with Gasteiger partial charge in [-0.25, -0.2) is 0 Å². The SMILES string of the molecule is CCCC(C#N)C(=O)Nc1cccc(Cl)c1. The van der Waals surface area contributed by atoms with Gasteiger partial charge in [-0.1, -0.05) is 31.0 Å². The lowest BCUT2D eigenvalue weighted by Gasteiger charge is -2.09.